The van der Waals surface area contributed by atoms with Crippen LogP contribution in [0.25, 0.3) is 0 Å². The first-order valence-corrected chi connectivity index (χ1v) is 8.49. The van der Waals surface area contributed by atoms with E-state index in [4.69, 9.17) is 4.74 Å². The SMILES string of the molecule is COc1cc([C@@H](O)P(=O)(O)CCCC(=O)ON)cc([N+](=O)[O-])c1O. The van der Waals surface area contributed by atoms with Crippen LogP contribution >= 0.6 is 7.37 Å². The van der Waals surface area contributed by atoms with Crippen LogP contribution in [0.4, 0.5) is 5.69 Å². The van der Waals surface area contributed by atoms with Gasteiger partial charge in [0.25, 0.3) is 0 Å². The zero-order chi connectivity index (χ0) is 18.5. The van der Waals surface area contributed by atoms with Gasteiger partial charge in [-0.25, -0.2) is 0 Å². The van der Waals surface area contributed by atoms with Crippen molar-refractivity contribution in [1.82, 2.24) is 0 Å². The van der Waals surface area contributed by atoms with Crippen molar-refractivity contribution in [2.24, 2.45) is 5.90 Å². The lowest BCUT2D eigenvalue weighted by Gasteiger charge is -2.19. The molecule has 12 heteroatoms. The standard InChI is InChI=1S/C12H17N2O9P/c1-22-9-6-7(5-8(11(9)16)14(18)19)12(17)24(20,21)4-2-3-10(15)23-13/h5-6,12,16-17H,2-4,13H2,1H3,(H,20,21)/t12-/m0/s1. The minimum Gasteiger partial charge on any atom is -0.500 e. The van der Waals surface area contributed by atoms with Crippen molar-refractivity contribution in [2.45, 2.75) is 18.7 Å². The molecule has 0 radical (unpaired) electrons. The molecule has 5 N–H and O–H groups in total. The third kappa shape index (κ3) is 4.65. The molecule has 134 valence electrons. The number of methoxy groups -OCH3 is 1. The number of aromatic hydroxyl groups is 1. The third-order valence-corrected chi connectivity index (χ3v) is 5.18. The predicted octanol–water partition coefficient (Wildman–Crippen LogP) is 0.767. The van der Waals surface area contributed by atoms with Crippen molar-refractivity contribution in [3.63, 3.8) is 0 Å². The summed E-state index contributed by atoms with van der Waals surface area (Å²) < 4.78 is 17.0. The van der Waals surface area contributed by atoms with Crippen LogP contribution in [0.1, 0.15) is 24.3 Å². The van der Waals surface area contributed by atoms with Gasteiger partial charge in [-0.15, -0.1) is 0 Å². The van der Waals surface area contributed by atoms with Gasteiger partial charge in [-0.05, 0) is 12.5 Å². The van der Waals surface area contributed by atoms with E-state index in [0.29, 0.717) is 0 Å². The van der Waals surface area contributed by atoms with Gasteiger partial charge in [-0.2, -0.15) is 5.90 Å². The summed E-state index contributed by atoms with van der Waals surface area (Å²) in [7, 11) is -3.09. The van der Waals surface area contributed by atoms with E-state index in [9.17, 15) is 34.6 Å². The molecule has 1 aromatic carbocycles. The highest BCUT2D eigenvalue weighted by atomic mass is 31.2. The summed E-state index contributed by atoms with van der Waals surface area (Å²) in [6, 6.07) is 1.80. The fraction of sp³-hybridized carbons (Fsp3) is 0.417. The Kier molecular flexibility index (Phi) is 6.67. The molecule has 0 saturated heterocycles. The van der Waals surface area contributed by atoms with E-state index in [1.54, 1.807) is 0 Å². The number of carbonyl (C=O) groups is 1. The first-order chi connectivity index (χ1) is 11.1. The summed E-state index contributed by atoms with van der Waals surface area (Å²) in [6.45, 7) is 0. The Hall–Kier alpha value is -2.20. The van der Waals surface area contributed by atoms with Crippen LogP contribution in [-0.4, -0.2) is 39.3 Å². The maximum Gasteiger partial charge on any atom is 0.324 e. The molecule has 0 aliphatic rings. The summed E-state index contributed by atoms with van der Waals surface area (Å²) in [4.78, 5) is 34.7. The lowest BCUT2D eigenvalue weighted by Crippen LogP contribution is -2.11. The number of nitrogens with two attached hydrogens (primary N) is 1. The molecule has 0 spiro atoms. The number of aliphatic hydroxyl groups excluding tert-OH is 1. The Balaban J connectivity index is 3.06. The van der Waals surface area contributed by atoms with Crippen molar-refractivity contribution >= 4 is 19.0 Å². The number of benzene rings is 1. The Morgan fingerprint density at radius 1 is 1.50 bits per heavy atom. The number of aliphatic hydroxyl groups is 1. The van der Waals surface area contributed by atoms with Crippen molar-refractivity contribution in [3.8, 4) is 11.5 Å². The third-order valence-electron chi connectivity index (χ3n) is 3.16. The fourth-order valence-corrected chi connectivity index (χ4v) is 3.39. The summed E-state index contributed by atoms with van der Waals surface area (Å²) in [5.74, 6) is 0.792. The van der Waals surface area contributed by atoms with E-state index in [-0.39, 0.29) is 24.2 Å². The van der Waals surface area contributed by atoms with Gasteiger partial charge >= 0.3 is 11.7 Å². The molecule has 0 aliphatic carbocycles. The summed E-state index contributed by atoms with van der Waals surface area (Å²) >= 11 is 0. The number of ether oxygens (including phenoxy) is 1. The number of rotatable bonds is 8. The second kappa shape index (κ2) is 8.06. The minimum absolute atomic E-state index is 0.0851. The summed E-state index contributed by atoms with van der Waals surface area (Å²) in [5, 5.41) is 30.6. The van der Waals surface area contributed by atoms with E-state index in [1.165, 1.54) is 0 Å². The van der Waals surface area contributed by atoms with E-state index >= 15 is 0 Å². The highest BCUT2D eigenvalue weighted by molar-refractivity contribution is 7.58. The van der Waals surface area contributed by atoms with Crippen LogP contribution in [0.15, 0.2) is 12.1 Å². The van der Waals surface area contributed by atoms with Crippen LogP contribution < -0.4 is 10.6 Å². The molecule has 0 fully saturated rings. The Morgan fingerprint density at radius 2 is 2.12 bits per heavy atom. The number of phenolic OH excluding ortho intramolecular Hbond substituents is 1. The van der Waals surface area contributed by atoms with Gasteiger partial charge in [-0.1, -0.05) is 0 Å². The van der Waals surface area contributed by atoms with Gasteiger partial charge in [-0.3, -0.25) is 19.5 Å². The van der Waals surface area contributed by atoms with Gasteiger partial charge < -0.3 is 24.7 Å². The molecular weight excluding hydrogens is 347 g/mol. The molecule has 24 heavy (non-hydrogen) atoms. The quantitative estimate of drug-likeness (QED) is 0.292. The lowest BCUT2D eigenvalue weighted by molar-refractivity contribution is -0.386. The predicted molar refractivity (Wildman–Crippen MR) is 80.5 cm³/mol. The molecule has 0 saturated carbocycles. The molecule has 0 bridgehead atoms. The molecule has 0 aromatic heterocycles. The van der Waals surface area contributed by atoms with Gasteiger partial charge in [0.2, 0.25) is 13.1 Å². The first kappa shape index (κ1) is 19.8. The highest BCUT2D eigenvalue weighted by Gasteiger charge is 2.33. The number of nitro benzene ring substituents is 1. The Bertz CT molecular complexity index is 679. The number of nitrogens with zero attached hydrogens (tertiary/aromatic N) is 1. The molecule has 1 aromatic rings. The van der Waals surface area contributed by atoms with Gasteiger partial charge in [0.15, 0.2) is 11.6 Å². The van der Waals surface area contributed by atoms with Crippen LogP contribution in [0, 0.1) is 10.1 Å². The summed E-state index contributed by atoms with van der Waals surface area (Å²) in [6.07, 6.45) is -0.759. The second-order valence-electron chi connectivity index (χ2n) is 4.79. The zero-order valence-corrected chi connectivity index (χ0v) is 13.5. The smallest absolute Gasteiger partial charge is 0.324 e. The number of nitro groups is 1. The maximum absolute atomic E-state index is 12.2. The minimum atomic E-state index is -4.22. The lowest BCUT2D eigenvalue weighted by atomic mass is 10.2. The van der Waals surface area contributed by atoms with Crippen molar-refractivity contribution in [1.29, 1.82) is 0 Å². The average Bonchev–Trinajstić information content (AvgIpc) is 2.53. The van der Waals surface area contributed by atoms with E-state index in [2.05, 4.69) is 10.7 Å². The average molecular weight is 364 g/mol. The molecule has 0 heterocycles. The van der Waals surface area contributed by atoms with E-state index in [0.717, 1.165) is 19.2 Å². The molecular formula is C12H17N2O9P. The monoisotopic (exact) mass is 364 g/mol. The zero-order valence-electron chi connectivity index (χ0n) is 12.6. The van der Waals surface area contributed by atoms with Gasteiger partial charge in [0.1, 0.15) is 0 Å². The largest absolute Gasteiger partial charge is 0.500 e. The molecule has 0 aliphatic heterocycles. The summed E-state index contributed by atoms with van der Waals surface area (Å²) in [5.41, 5.74) is -1.06. The van der Waals surface area contributed by atoms with Crippen LogP contribution in [0.2, 0.25) is 0 Å². The van der Waals surface area contributed by atoms with E-state index < -0.39 is 41.7 Å². The van der Waals surface area contributed by atoms with E-state index in [1.807, 2.05) is 0 Å². The molecule has 0 amide bonds. The highest BCUT2D eigenvalue weighted by Crippen LogP contribution is 2.56. The van der Waals surface area contributed by atoms with Crippen molar-refractivity contribution in [2.75, 3.05) is 13.3 Å². The first-order valence-electron chi connectivity index (χ1n) is 6.58. The second-order valence-corrected chi connectivity index (χ2v) is 7.24. The number of hydrogen-bond donors (Lipinski definition) is 4. The topological polar surface area (TPSA) is 182 Å². The maximum atomic E-state index is 12.2. The number of carbonyl (C=O) groups excluding carboxylic acids is 1. The Labute approximate surface area is 136 Å². The molecule has 1 rings (SSSR count). The Morgan fingerprint density at radius 3 is 2.62 bits per heavy atom. The molecule has 1 unspecified atom stereocenters. The normalized spacial score (nSPS) is 14.5. The van der Waals surface area contributed by atoms with Crippen molar-refractivity contribution in [3.05, 3.63) is 27.8 Å². The van der Waals surface area contributed by atoms with Crippen molar-refractivity contribution < 1.29 is 39.0 Å². The molecule has 11 nitrogen and oxygen atoms in total. The number of phenols is 1. The fourth-order valence-electron chi connectivity index (χ4n) is 1.92. The molecule has 2 atom stereocenters. The van der Waals surface area contributed by atoms with Crippen LogP contribution in [0.5, 0.6) is 11.5 Å². The van der Waals surface area contributed by atoms with Crippen LogP contribution in [0.3, 0.4) is 0 Å². The van der Waals surface area contributed by atoms with Gasteiger partial charge in [0, 0.05) is 24.2 Å². The number of hydrogen-bond acceptors (Lipinski definition) is 9. The van der Waals surface area contributed by atoms with Crippen LogP contribution in [-0.2, 0) is 14.2 Å². The van der Waals surface area contributed by atoms with Gasteiger partial charge in [0.05, 0.1) is 12.0 Å².